The van der Waals surface area contributed by atoms with Crippen LogP contribution < -0.4 is 5.32 Å². The zero-order valence-corrected chi connectivity index (χ0v) is 17.4. The van der Waals surface area contributed by atoms with Gasteiger partial charge in [-0.2, -0.15) is 5.10 Å². The number of halogens is 2. The molecule has 1 saturated heterocycles. The van der Waals surface area contributed by atoms with Gasteiger partial charge in [0.1, 0.15) is 0 Å². The van der Waals surface area contributed by atoms with Crippen LogP contribution in [-0.2, 0) is 11.8 Å². The Bertz CT molecular complexity index is 1000. The number of benzene rings is 1. The summed E-state index contributed by atoms with van der Waals surface area (Å²) in [6, 6.07) is 4.89. The first-order valence-electron chi connectivity index (χ1n) is 8.25. The SMILES string of the molecule is Cc1c(C(=O)NCCN2C(=O)S/C(=C\c3ccc(Cl)cc3Cl)C2=O)cnn1C. The summed E-state index contributed by atoms with van der Waals surface area (Å²) in [7, 11) is 1.74. The molecule has 0 unspecified atom stereocenters. The van der Waals surface area contributed by atoms with E-state index < -0.39 is 11.1 Å². The van der Waals surface area contributed by atoms with Gasteiger partial charge in [-0.05, 0) is 42.5 Å². The summed E-state index contributed by atoms with van der Waals surface area (Å²) in [5, 5.41) is 7.19. The predicted octanol–water partition coefficient (Wildman–Crippen LogP) is 3.50. The highest BCUT2D eigenvalue weighted by Crippen LogP contribution is 2.33. The van der Waals surface area contributed by atoms with E-state index >= 15 is 0 Å². The Labute approximate surface area is 175 Å². The lowest BCUT2D eigenvalue weighted by Gasteiger charge is -2.13. The molecule has 0 saturated carbocycles. The first-order chi connectivity index (χ1) is 13.3. The van der Waals surface area contributed by atoms with Crippen LogP contribution in [0.15, 0.2) is 29.3 Å². The maximum absolute atomic E-state index is 12.5. The third-order valence-corrected chi connectivity index (χ3v) is 5.69. The van der Waals surface area contributed by atoms with Crippen LogP contribution in [0.5, 0.6) is 0 Å². The highest BCUT2D eigenvalue weighted by molar-refractivity contribution is 8.18. The Morgan fingerprint density at radius 1 is 1.32 bits per heavy atom. The minimum Gasteiger partial charge on any atom is -0.350 e. The molecule has 3 rings (SSSR count). The van der Waals surface area contributed by atoms with Gasteiger partial charge in [0.2, 0.25) is 0 Å². The van der Waals surface area contributed by atoms with Crippen LogP contribution in [0.1, 0.15) is 21.6 Å². The molecule has 1 aliphatic heterocycles. The molecule has 1 aromatic carbocycles. The monoisotopic (exact) mass is 438 g/mol. The third kappa shape index (κ3) is 4.24. The standard InChI is InChI=1S/C18H16Cl2N4O3S/c1-10-13(9-22-23(10)2)16(25)21-5-6-24-17(26)15(28-18(24)27)7-11-3-4-12(19)8-14(11)20/h3-4,7-9H,5-6H2,1-2H3,(H,21,25)/b15-7-. The van der Waals surface area contributed by atoms with E-state index in [2.05, 4.69) is 10.4 Å². The first-order valence-corrected chi connectivity index (χ1v) is 9.82. The van der Waals surface area contributed by atoms with Crippen molar-refractivity contribution in [1.82, 2.24) is 20.0 Å². The lowest BCUT2D eigenvalue weighted by Crippen LogP contribution is -2.37. The Hall–Kier alpha value is -2.29. The molecule has 2 heterocycles. The Morgan fingerprint density at radius 3 is 2.71 bits per heavy atom. The van der Waals surface area contributed by atoms with Gasteiger partial charge in [-0.15, -0.1) is 0 Å². The van der Waals surface area contributed by atoms with Crippen molar-refractivity contribution in [3.63, 3.8) is 0 Å². The zero-order valence-electron chi connectivity index (χ0n) is 15.0. The van der Waals surface area contributed by atoms with E-state index in [-0.39, 0.29) is 23.9 Å². The largest absolute Gasteiger partial charge is 0.350 e. The maximum atomic E-state index is 12.5. The molecule has 10 heteroatoms. The fraction of sp³-hybridized carbons (Fsp3) is 0.222. The van der Waals surface area contributed by atoms with Crippen LogP contribution in [0.3, 0.4) is 0 Å². The molecule has 7 nitrogen and oxygen atoms in total. The molecule has 0 radical (unpaired) electrons. The molecule has 146 valence electrons. The molecular weight excluding hydrogens is 423 g/mol. The fourth-order valence-electron chi connectivity index (χ4n) is 2.55. The minimum absolute atomic E-state index is 0.0708. The van der Waals surface area contributed by atoms with Gasteiger partial charge >= 0.3 is 0 Å². The maximum Gasteiger partial charge on any atom is 0.293 e. The molecule has 28 heavy (non-hydrogen) atoms. The molecule has 1 aromatic heterocycles. The highest BCUT2D eigenvalue weighted by atomic mass is 35.5. The van der Waals surface area contributed by atoms with Crippen molar-refractivity contribution in [2.24, 2.45) is 7.05 Å². The number of hydrogen-bond donors (Lipinski definition) is 1. The van der Waals surface area contributed by atoms with Gasteiger partial charge in [-0.1, -0.05) is 29.3 Å². The van der Waals surface area contributed by atoms with Crippen molar-refractivity contribution in [2.45, 2.75) is 6.92 Å². The lowest BCUT2D eigenvalue weighted by atomic mass is 10.2. The summed E-state index contributed by atoms with van der Waals surface area (Å²) in [5.41, 5.74) is 1.78. The second-order valence-corrected chi connectivity index (χ2v) is 7.86. The van der Waals surface area contributed by atoms with Crippen molar-refractivity contribution in [3.05, 3.63) is 56.2 Å². The van der Waals surface area contributed by atoms with Gasteiger partial charge in [-0.25, -0.2) is 0 Å². The summed E-state index contributed by atoms with van der Waals surface area (Å²) in [4.78, 5) is 38.2. The van der Waals surface area contributed by atoms with E-state index in [1.807, 2.05) is 0 Å². The Kier molecular flexibility index (Phi) is 6.12. The van der Waals surface area contributed by atoms with Crippen LogP contribution >= 0.6 is 35.0 Å². The van der Waals surface area contributed by atoms with Gasteiger partial charge in [0, 0.05) is 35.9 Å². The summed E-state index contributed by atoms with van der Waals surface area (Å²) in [5.74, 6) is -0.728. The third-order valence-electron chi connectivity index (χ3n) is 4.22. The molecule has 0 atom stereocenters. The predicted molar refractivity (Wildman–Crippen MR) is 109 cm³/mol. The second kappa shape index (κ2) is 8.38. The number of thioether (sulfide) groups is 1. The summed E-state index contributed by atoms with van der Waals surface area (Å²) >= 11 is 12.8. The van der Waals surface area contributed by atoms with E-state index in [0.717, 1.165) is 22.4 Å². The minimum atomic E-state index is -0.423. The number of hydrogen-bond acceptors (Lipinski definition) is 5. The number of amides is 3. The van der Waals surface area contributed by atoms with Crippen LogP contribution in [0, 0.1) is 6.92 Å². The van der Waals surface area contributed by atoms with Crippen molar-refractivity contribution in [1.29, 1.82) is 0 Å². The molecule has 1 N–H and O–H groups in total. The molecule has 0 bridgehead atoms. The van der Waals surface area contributed by atoms with Crippen LogP contribution in [0.25, 0.3) is 6.08 Å². The van der Waals surface area contributed by atoms with E-state index in [9.17, 15) is 14.4 Å². The highest BCUT2D eigenvalue weighted by Gasteiger charge is 2.34. The number of nitrogens with one attached hydrogen (secondary N) is 1. The molecule has 2 aromatic rings. The van der Waals surface area contributed by atoms with E-state index in [1.165, 1.54) is 6.20 Å². The van der Waals surface area contributed by atoms with E-state index in [1.54, 1.807) is 42.9 Å². The molecule has 0 spiro atoms. The normalized spacial score (nSPS) is 15.6. The molecule has 3 amide bonds. The van der Waals surface area contributed by atoms with Crippen molar-refractivity contribution in [3.8, 4) is 0 Å². The number of aromatic nitrogens is 2. The topological polar surface area (TPSA) is 84.3 Å². The number of rotatable bonds is 5. The number of carbonyl (C=O) groups is 3. The van der Waals surface area contributed by atoms with Crippen molar-refractivity contribution in [2.75, 3.05) is 13.1 Å². The zero-order chi connectivity index (χ0) is 20.4. The summed E-state index contributed by atoms with van der Waals surface area (Å²) in [6.45, 7) is 1.99. The van der Waals surface area contributed by atoms with Gasteiger partial charge in [0.15, 0.2) is 0 Å². The number of carbonyl (C=O) groups excluding carboxylic acids is 3. The quantitative estimate of drug-likeness (QED) is 0.721. The van der Waals surface area contributed by atoms with Crippen molar-refractivity contribution >= 4 is 58.1 Å². The average Bonchev–Trinajstić information content (AvgIpc) is 3.11. The van der Waals surface area contributed by atoms with Crippen molar-refractivity contribution < 1.29 is 14.4 Å². The van der Waals surface area contributed by atoms with Crippen LogP contribution in [-0.4, -0.2) is 44.8 Å². The van der Waals surface area contributed by atoms with E-state index in [0.29, 0.717) is 21.2 Å². The van der Waals surface area contributed by atoms with Gasteiger partial charge in [0.25, 0.3) is 17.1 Å². The lowest BCUT2D eigenvalue weighted by molar-refractivity contribution is -0.122. The van der Waals surface area contributed by atoms with Crippen LogP contribution in [0.2, 0.25) is 10.0 Å². The molecule has 1 aliphatic rings. The number of imide groups is 1. The average molecular weight is 439 g/mol. The van der Waals surface area contributed by atoms with E-state index in [4.69, 9.17) is 23.2 Å². The number of aryl methyl sites for hydroxylation is 1. The summed E-state index contributed by atoms with van der Waals surface area (Å²) in [6.07, 6.45) is 3.03. The second-order valence-electron chi connectivity index (χ2n) is 6.02. The number of nitrogens with zero attached hydrogens (tertiary/aromatic N) is 3. The summed E-state index contributed by atoms with van der Waals surface area (Å²) < 4.78 is 1.60. The Morgan fingerprint density at radius 2 is 2.07 bits per heavy atom. The molecule has 0 aliphatic carbocycles. The Balaban J connectivity index is 1.63. The van der Waals surface area contributed by atoms with Gasteiger partial charge < -0.3 is 5.32 Å². The van der Waals surface area contributed by atoms with Crippen LogP contribution in [0.4, 0.5) is 4.79 Å². The molecular formula is C18H16Cl2N4O3S. The fourth-order valence-corrected chi connectivity index (χ4v) is 3.87. The smallest absolute Gasteiger partial charge is 0.293 e. The first kappa shape index (κ1) is 20.4. The van der Waals surface area contributed by atoms with Gasteiger partial charge in [0.05, 0.1) is 16.7 Å². The molecule has 1 fully saturated rings. The van der Waals surface area contributed by atoms with Gasteiger partial charge in [-0.3, -0.25) is 24.0 Å².